The van der Waals surface area contributed by atoms with Crippen molar-refractivity contribution in [3.8, 4) is 0 Å². The third kappa shape index (κ3) is 4.08. The lowest BCUT2D eigenvalue weighted by molar-refractivity contribution is -0.126. The summed E-state index contributed by atoms with van der Waals surface area (Å²) in [5.41, 5.74) is 1.42. The maximum absolute atomic E-state index is 12.9. The fourth-order valence-electron chi connectivity index (χ4n) is 3.02. The summed E-state index contributed by atoms with van der Waals surface area (Å²) in [6.07, 6.45) is 1.49. The van der Waals surface area contributed by atoms with Crippen molar-refractivity contribution in [2.24, 2.45) is 0 Å². The topological polar surface area (TPSA) is 53.2 Å². The van der Waals surface area contributed by atoms with Gasteiger partial charge in [-0.15, -0.1) is 0 Å². The zero-order valence-corrected chi connectivity index (χ0v) is 14.3. The molecule has 0 saturated carbocycles. The number of carbonyl (C=O) groups is 1. The molecule has 0 aliphatic carbocycles. The predicted molar refractivity (Wildman–Crippen MR) is 98.2 cm³/mol. The van der Waals surface area contributed by atoms with Crippen LogP contribution in [0.1, 0.15) is 18.4 Å². The molecule has 0 bridgehead atoms. The molecular weight excluding hydrogens is 322 g/mol. The largest absolute Gasteiger partial charge is 0.371 e. The van der Waals surface area contributed by atoms with Gasteiger partial charge in [-0.25, -0.2) is 0 Å². The molecule has 3 rings (SSSR count). The lowest BCUT2D eigenvalue weighted by Crippen LogP contribution is -2.57. The average molecular weight is 344 g/mol. The maximum Gasteiger partial charge on any atom is 0.246 e. The minimum Gasteiger partial charge on any atom is -0.371 e. The number of rotatable bonds is 5. The van der Waals surface area contributed by atoms with Crippen LogP contribution in [-0.4, -0.2) is 24.5 Å². The Balaban J connectivity index is 1.72. The summed E-state index contributed by atoms with van der Waals surface area (Å²) >= 11 is 5.95. The molecule has 1 aliphatic rings. The van der Waals surface area contributed by atoms with E-state index >= 15 is 0 Å². The second kappa shape index (κ2) is 7.69. The van der Waals surface area contributed by atoms with Gasteiger partial charge >= 0.3 is 0 Å². The van der Waals surface area contributed by atoms with Crippen molar-refractivity contribution >= 4 is 23.2 Å². The van der Waals surface area contributed by atoms with Crippen molar-refractivity contribution < 1.29 is 4.79 Å². The summed E-state index contributed by atoms with van der Waals surface area (Å²) in [6, 6.07) is 17.5. The molecule has 4 nitrogen and oxygen atoms in total. The zero-order valence-electron chi connectivity index (χ0n) is 13.5. The molecule has 0 atom stereocenters. The number of hydrogen-bond donors (Lipinski definition) is 3. The molecule has 1 saturated heterocycles. The van der Waals surface area contributed by atoms with E-state index in [1.54, 1.807) is 0 Å². The van der Waals surface area contributed by atoms with Crippen molar-refractivity contribution in [3.05, 3.63) is 65.2 Å². The van der Waals surface area contributed by atoms with Gasteiger partial charge in [0.25, 0.3) is 0 Å². The Labute approximate surface area is 147 Å². The molecule has 0 aromatic heterocycles. The van der Waals surface area contributed by atoms with Crippen LogP contribution in [0.5, 0.6) is 0 Å². The van der Waals surface area contributed by atoms with Crippen LogP contribution in [0.2, 0.25) is 5.02 Å². The number of amides is 1. The Morgan fingerprint density at radius 1 is 1.04 bits per heavy atom. The monoisotopic (exact) mass is 343 g/mol. The van der Waals surface area contributed by atoms with Gasteiger partial charge in [0.05, 0.1) is 0 Å². The first-order valence-corrected chi connectivity index (χ1v) is 8.62. The van der Waals surface area contributed by atoms with E-state index < -0.39 is 5.54 Å². The molecule has 2 aromatic carbocycles. The van der Waals surface area contributed by atoms with Crippen molar-refractivity contribution in [2.75, 3.05) is 18.4 Å². The van der Waals surface area contributed by atoms with Crippen molar-refractivity contribution in [1.29, 1.82) is 0 Å². The molecule has 126 valence electrons. The summed E-state index contributed by atoms with van der Waals surface area (Å²) in [4.78, 5) is 12.9. The number of carbonyl (C=O) groups excluding carboxylic acids is 1. The van der Waals surface area contributed by atoms with Crippen LogP contribution in [0.15, 0.2) is 54.6 Å². The van der Waals surface area contributed by atoms with Crippen LogP contribution in [0.3, 0.4) is 0 Å². The third-order valence-electron chi connectivity index (χ3n) is 4.42. The highest BCUT2D eigenvalue weighted by Gasteiger charge is 2.39. The molecule has 0 spiro atoms. The molecule has 1 amide bonds. The number of benzene rings is 2. The Morgan fingerprint density at radius 3 is 2.38 bits per heavy atom. The van der Waals surface area contributed by atoms with Gasteiger partial charge < -0.3 is 16.0 Å². The molecule has 24 heavy (non-hydrogen) atoms. The van der Waals surface area contributed by atoms with Crippen LogP contribution in [0, 0.1) is 0 Å². The zero-order chi connectivity index (χ0) is 16.8. The van der Waals surface area contributed by atoms with Crippen molar-refractivity contribution in [3.63, 3.8) is 0 Å². The first-order chi connectivity index (χ1) is 11.7. The Kier molecular flexibility index (Phi) is 5.38. The van der Waals surface area contributed by atoms with E-state index in [2.05, 4.69) is 16.0 Å². The summed E-state index contributed by atoms with van der Waals surface area (Å²) in [7, 11) is 0. The van der Waals surface area contributed by atoms with E-state index in [0.29, 0.717) is 11.6 Å². The first kappa shape index (κ1) is 16.8. The molecule has 3 N–H and O–H groups in total. The maximum atomic E-state index is 12.9. The molecule has 2 aromatic rings. The van der Waals surface area contributed by atoms with Crippen LogP contribution < -0.4 is 16.0 Å². The van der Waals surface area contributed by atoms with Crippen LogP contribution in [0.25, 0.3) is 0 Å². The Hall–Kier alpha value is -2.04. The van der Waals surface area contributed by atoms with Crippen LogP contribution in [-0.2, 0) is 11.3 Å². The van der Waals surface area contributed by atoms with Gasteiger partial charge in [0.2, 0.25) is 5.91 Å². The molecule has 1 fully saturated rings. The van der Waals surface area contributed by atoms with Gasteiger partial charge in [-0.1, -0.05) is 41.9 Å². The average Bonchev–Trinajstić information content (AvgIpc) is 2.63. The highest BCUT2D eigenvalue weighted by atomic mass is 35.5. The van der Waals surface area contributed by atoms with E-state index in [-0.39, 0.29) is 5.91 Å². The lowest BCUT2D eigenvalue weighted by Gasteiger charge is -2.38. The third-order valence-corrected chi connectivity index (χ3v) is 4.67. The van der Waals surface area contributed by atoms with Gasteiger partial charge in [0, 0.05) is 17.3 Å². The quantitative estimate of drug-likeness (QED) is 0.781. The minimum absolute atomic E-state index is 0.0443. The van der Waals surface area contributed by atoms with Gasteiger partial charge in [-0.3, -0.25) is 4.79 Å². The first-order valence-electron chi connectivity index (χ1n) is 8.25. The van der Waals surface area contributed by atoms with Gasteiger partial charge in [-0.05, 0) is 55.8 Å². The second-order valence-electron chi connectivity index (χ2n) is 6.13. The summed E-state index contributed by atoms with van der Waals surface area (Å²) in [6.45, 7) is 2.18. The van der Waals surface area contributed by atoms with Gasteiger partial charge in [0.15, 0.2) is 0 Å². The second-order valence-corrected chi connectivity index (χ2v) is 6.57. The molecule has 0 unspecified atom stereocenters. The van der Waals surface area contributed by atoms with E-state index in [0.717, 1.165) is 37.2 Å². The minimum atomic E-state index is -0.589. The summed E-state index contributed by atoms with van der Waals surface area (Å²) in [5, 5.41) is 10.5. The standard InChI is InChI=1S/C19H22ClN3O/c20-16-6-8-17(9-7-16)23-19(10-12-21-13-11-19)18(24)22-14-15-4-2-1-3-5-15/h1-9,21,23H,10-14H2,(H,22,24). The molecule has 5 heteroatoms. The fourth-order valence-corrected chi connectivity index (χ4v) is 3.15. The Morgan fingerprint density at radius 2 is 1.71 bits per heavy atom. The molecule has 1 heterocycles. The van der Waals surface area contributed by atoms with E-state index in [4.69, 9.17) is 11.6 Å². The molecule has 0 radical (unpaired) electrons. The van der Waals surface area contributed by atoms with Crippen molar-refractivity contribution in [2.45, 2.75) is 24.9 Å². The van der Waals surface area contributed by atoms with E-state index in [9.17, 15) is 4.79 Å². The molecule has 1 aliphatic heterocycles. The van der Waals surface area contributed by atoms with Crippen LogP contribution >= 0.6 is 11.6 Å². The Bertz CT molecular complexity index is 667. The van der Waals surface area contributed by atoms with Crippen molar-refractivity contribution in [1.82, 2.24) is 10.6 Å². The highest BCUT2D eigenvalue weighted by molar-refractivity contribution is 6.30. The predicted octanol–water partition coefficient (Wildman–Crippen LogP) is 3.19. The smallest absolute Gasteiger partial charge is 0.246 e. The van der Waals surface area contributed by atoms with E-state index in [1.807, 2.05) is 54.6 Å². The normalized spacial score (nSPS) is 16.4. The number of halogens is 1. The van der Waals surface area contributed by atoms with Gasteiger partial charge in [0.1, 0.15) is 5.54 Å². The number of nitrogens with one attached hydrogen (secondary N) is 3. The summed E-state index contributed by atoms with van der Waals surface area (Å²) in [5.74, 6) is 0.0443. The fraction of sp³-hybridized carbons (Fsp3) is 0.316. The summed E-state index contributed by atoms with van der Waals surface area (Å²) < 4.78 is 0. The van der Waals surface area contributed by atoms with Crippen LogP contribution in [0.4, 0.5) is 5.69 Å². The highest BCUT2D eigenvalue weighted by Crippen LogP contribution is 2.26. The SMILES string of the molecule is O=C(NCc1ccccc1)C1(Nc2ccc(Cl)cc2)CCNCC1. The number of hydrogen-bond acceptors (Lipinski definition) is 3. The number of anilines is 1. The van der Waals surface area contributed by atoms with Gasteiger partial charge in [-0.2, -0.15) is 0 Å². The lowest BCUT2D eigenvalue weighted by atomic mass is 9.86. The number of piperidine rings is 1. The molecular formula is C19H22ClN3O. The van der Waals surface area contributed by atoms with E-state index in [1.165, 1.54) is 0 Å².